The van der Waals surface area contributed by atoms with E-state index in [1.165, 1.54) is 11.3 Å². The molecule has 3 heterocycles. The van der Waals surface area contributed by atoms with Crippen molar-refractivity contribution in [1.82, 2.24) is 4.57 Å². The van der Waals surface area contributed by atoms with Gasteiger partial charge in [0, 0.05) is 11.6 Å². The lowest BCUT2D eigenvalue weighted by Gasteiger charge is -2.25. The zero-order valence-corrected chi connectivity index (χ0v) is 18.6. The van der Waals surface area contributed by atoms with Crippen molar-refractivity contribution in [3.8, 4) is 0 Å². The predicted molar refractivity (Wildman–Crippen MR) is 126 cm³/mol. The molecule has 6 nitrogen and oxygen atoms in total. The number of furan rings is 1. The molecule has 5 rings (SSSR count). The first-order valence-electron chi connectivity index (χ1n) is 10.5. The fourth-order valence-electron chi connectivity index (χ4n) is 3.89. The normalized spacial score (nSPS) is 15.8. The molecule has 0 amide bonds. The van der Waals surface area contributed by atoms with Crippen molar-refractivity contribution in [2.45, 2.75) is 13.0 Å². The van der Waals surface area contributed by atoms with E-state index in [1.807, 2.05) is 60.7 Å². The highest BCUT2D eigenvalue weighted by Crippen LogP contribution is 2.34. The maximum Gasteiger partial charge on any atom is 0.338 e. The van der Waals surface area contributed by atoms with Crippen molar-refractivity contribution < 1.29 is 13.9 Å². The quantitative estimate of drug-likeness (QED) is 0.431. The number of carbonyl (C=O) groups is 1. The Morgan fingerprint density at radius 3 is 2.48 bits per heavy atom. The minimum absolute atomic E-state index is 0.217. The van der Waals surface area contributed by atoms with Crippen LogP contribution in [0, 0.1) is 0 Å². The molecule has 1 atom stereocenters. The van der Waals surface area contributed by atoms with Crippen molar-refractivity contribution in [2.75, 3.05) is 6.61 Å². The number of hydrogen-bond donors (Lipinski definition) is 0. The van der Waals surface area contributed by atoms with Crippen LogP contribution in [0.2, 0.25) is 0 Å². The standard InChI is InChI=1S/C26H20N2O4S/c1-2-31-25(30)21-22(17-10-5-3-6-11-17)27-26-28(23(21)18-12-7-4-8-13-18)24(29)20(33-26)16-19-14-9-15-32-19/h3-16,23H,2H2,1H3/b20-16-/t23-/m0/s1. The Morgan fingerprint density at radius 2 is 1.82 bits per heavy atom. The molecule has 0 aliphatic carbocycles. The molecule has 0 unspecified atom stereocenters. The third-order valence-corrected chi connectivity index (χ3v) is 6.29. The molecule has 0 radical (unpaired) electrons. The van der Waals surface area contributed by atoms with E-state index in [0.717, 1.165) is 11.1 Å². The lowest BCUT2D eigenvalue weighted by atomic mass is 9.93. The van der Waals surface area contributed by atoms with E-state index < -0.39 is 12.0 Å². The van der Waals surface area contributed by atoms with E-state index in [-0.39, 0.29) is 12.2 Å². The first kappa shape index (κ1) is 20.9. The summed E-state index contributed by atoms with van der Waals surface area (Å²) in [5, 5.41) is 0. The molecule has 0 spiro atoms. The first-order valence-corrected chi connectivity index (χ1v) is 11.4. The Labute approximate surface area is 193 Å². The minimum atomic E-state index is -0.671. The van der Waals surface area contributed by atoms with Gasteiger partial charge in [-0.3, -0.25) is 9.36 Å². The van der Waals surface area contributed by atoms with Gasteiger partial charge in [0.15, 0.2) is 4.80 Å². The van der Waals surface area contributed by atoms with Crippen molar-refractivity contribution >= 4 is 29.1 Å². The summed E-state index contributed by atoms with van der Waals surface area (Å²) < 4.78 is 12.9. The number of nitrogens with zero attached hydrogens (tertiary/aromatic N) is 2. The second kappa shape index (κ2) is 8.88. The molecular formula is C26H20N2O4S. The predicted octanol–water partition coefficient (Wildman–Crippen LogP) is 3.53. The highest BCUT2D eigenvalue weighted by atomic mass is 32.1. The Kier molecular flexibility index (Phi) is 5.62. The number of carbonyl (C=O) groups excluding carboxylic acids is 1. The van der Waals surface area contributed by atoms with Crippen LogP contribution < -0.4 is 14.9 Å². The number of fused-ring (bicyclic) bond motifs is 1. The lowest BCUT2D eigenvalue weighted by molar-refractivity contribution is -0.138. The molecular weight excluding hydrogens is 436 g/mol. The van der Waals surface area contributed by atoms with Crippen LogP contribution in [0.15, 0.2) is 98.8 Å². The van der Waals surface area contributed by atoms with Gasteiger partial charge in [-0.2, -0.15) is 0 Å². The maximum absolute atomic E-state index is 13.6. The Hall–Kier alpha value is -3.97. The van der Waals surface area contributed by atoms with Crippen LogP contribution in [0.5, 0.6) is 0 Å². The Morgan fingerprint density at radius 1 is 1.09 bits per heavy atom. The number of aromatic nitrogens is 1. The van der Waals surface area contributed by atoms with Gasteiger partial charge in [-0.05, 0) is 24.6 Å². The Bertz CT molecular complexity index is 1500. The van der Waals surface area contributed by atoms with E-state index >= 15 is 0 Å². The molecule has 164 valence electrons. The summed E-state index contributed by atoms with van der Waals surface area (Å²) in [6.45, 7) is 1.98. The fourth-order valence-corrected chi connectivity index (χ4v) is 4.87. The van der Waals surface area contributed by atoms with Crippen LogP contribution in [0.1, 0.15) is 29.9 Å². The lowest BCUT2D eigenvalue weighted by Crippen LogP contribution is -2.39. The molecule has 0 N–H and O–H groups in total. The van der Waals surface area contributed by atoms with Gasteiger partial charge in [0.25, 0.3) is 5.56 Å². The van der Waals surface area contributed by atoms with Crippen molar-refractivity contribution in [1.29, 1.82) is 0 Å². The van der Waals surface area contributed by atoms with Crippen LogP contribution in [0.4, 0.5) is 0 Å². The van der Waals surface area contributed by atoms with Crippen LogP contribution in [0.25, 0.3) is 11.8 Å². The maximum atomic E-state index is 13.6. The SMILES string of the molecule is CCOC(=O)C1=C(c2ccccc2)N=c2s/c(=C\c3ccco3)c(=O)n2[C@H]1c1ccccc1. The summed E-state index contributed by atoms with van der Waals surface area (Å²) in [5.41, 5.74) is 2.19. The Balaban J connectivity index is 1.85. The molecule has 1 aliphatic rings. The topological polar surface area (TPSA) is 73.8 Å². The third-order valence-electron chi connectivity index (χ3n) is 5.31. The summed E-state index contributed by atoms with van der Waals surface area (Å²) in [7, 11) is 0. The number of ether oxygens (including phenoxy) is 1. The van der Waals surface area contributed by atoms with Gasteiger partial charge in [0.2, 0.25) is 0 Å². The number of hydrogen-bond acceptors (Lipinski definition) is 6. The van der Waals surface area contributed by atoms with E-state index in [2.05, 4.69) is 0 Å². The zero-order chi connectivity index (χ0) is 22.8. The second-order valence-corrected chi connectivity index (χ2v) is 8.37. The van der Waals surface area contributed by atoms with E-state index in [4.69, 9.17) is 14.1 Å². The molecule has 0 fully saturated rings. The summed E-state index contributed by atoms with van der Waals surface area (Å²) in [6.07, 6.45) is 3.25. The highest BCUT2D eigenvalue weighted by Gasteiger charge is 2.35. The van der Waals surface area contributed by atoms with Crippen molar-refractivity contribution in [3.63, 3.8) is 0 Å². The summed E-state index contributed by atoms with van der Waals surface area (Å²) in [5.74, 6) is 0.0821. The van der Waals surface area contributed by atoms with E-state index in [0.29, 0.717) is 26.4 Å². The number of thiazole rings is 1. The second-order valence-electron chi connectivity index (χ2n) is 7.36. The summed E-state index contributed by atoms with van der Waals surface area (Å²) in [4.78, 5) is 32.1. The van der Waals surface area contributed by atoms with Crippen LogP contribution in [-0.4, -0.2) is 17.1 Å². The molecule has 2 aromatic heterocycles. The van der Waals surface area contributed by atoms with Gasteiger partial charge in [-0.15, -0.1) is 0 Å². The highest BCUT2D eigenvalue weighted by molar-refractivity contribution is 7.07. The largest absolute Gasteiger partial charge is 0.465 e. The number of esters is 1. The van der Waals surface area contributed by atoms with E-state index in [9.17, 15) is 9.59 Å². The number of rotatable bonds is 5. The molecule has 33 heavy (non-hydrogen) atoms. The monoisotopic (exact) mass is 456 g/mol. The van der Waals surface area contributed by atoms with Gasteiger partial charge >= 0.3 is 5.97 Å². The molecule has 0 bridgehead atoms. The molecule has 4 aromatic rings. The first-order chi connectivity index (χ1) is 16.2. The fraction of sp³-hybridized carbons (Fsp3) is 0.115. The molecule has 7 heteroatoms. The average Bonchev–Trinajstić information content (AvgIpc) is 3.47. The molecule has 0 saturated carbocycles. The molecule has 2 aromatic carbocycles. The van der Waals surface area contributed by atoms with Gasteiger partial charge in [-0.25, -0.2) is 9.79 Å². The zero-order valence-electron chi connectivity index (χ0n) is 17.8. The minimum Gasteiger partial charge on any atom is -0.465 e. The average molecular weight is 457 g/mol. The molecule has 0 saturated heterocycles. The van der Waals surface area contributed by atoms with Crippen LogP contribution in [0.3, 0.4) is 0 Å². The smallest absolute Gasteiger partial charge is 0.338 e. The van der Waals surface area contributed by atoms with Crippen LogP contribution >= 0.6 is 11.3 Å². The van der Waals surface area contributed by atoms with Gasteiger partial charge in [-0.1, -0.05) is 72.0 Å². The van der Waals surface area contributed by atoms with E-state index in [1.54, 1.807) is 36.0 Å². The summed E-state index contributed by atoms with van der Waals surface area (Å²) >= 11 is 1.27. The molecule has 1 aliphatic heterocycles. The summed E-state index contributed by atoms with van der Waals surface area (Å²) in [6, 6.07) is 21.9. The van der Waals surface area contributed by atoms with Gasteiger partial charge in [0.1, 0.15) is 5.76 Å². The third kappa shape index (κ3) is 3.87. The number of benzene rings is 2. The van der Waals surface area contributed by atoms with Crippen LogP contribution in [-0.2, 0) is 9.53 Å². The van der Waals surface area contributed by atoms with Gasteiger partial charge < -0.3 is 9.15 Å². The van der Waals surface area contributed by atoms with Crippen molar-refractivity contribution in [2.24, 2.45) is 4.99 Å². The van der Waals surface area contributed by atoms with Gasteiger partial charge in [0.05, 0.1) is 34.7 Å². The van der Waals surface area contributed by atoms with Crippen molar-refractivity contribution in [3.05, 3.63) is 121 Å².